The first-order valence-electron chi connectivity index (χ1n) is 5.84. The van der Waals surface area contributed by atoms with Gasteiger partial charge in [0.25, 0.3) is 0 Å². The highest BCUT2D eigenvalue weighted by molar-refractivity contribution is 5.33. The zero-order chi connectivity index (χ0) is 11.9. The second kappa shape index (κ2) is 6.41. The largest absolute Gasteiger partial charge is 0.374 e. The fraction of sp³-hybridized carbons (Fsp3) is 0.429. The van der Waals surface area contributed by atoms with Crippen LogP contribution in [-0.2, 0) is 16.1 Å². The van der Waals surface area contributed by atoms with Crippen LogP contribution in [0.15, 0.2) is 24.3 Å². The van der Waals surface area contributed by atoms with E-state index in [1.807, 2.05) is 24.3 Å². The Morgan fingerprint density at radius 3 is 2.88 bits per heavy atom. The highest BCUT2D eigenvalue weighted by Gasteiger charge is 2.12. The molecule has 2 rings (SSSR count). The molecule has 0 aromatic heterocycles. The van der Waals surface area contributed by atoms with Gasteiger partial charge < -0.3 is 14.8 Å². The van der Waals surface area contributed by atoms with Crippen molar-refractivity contribution in [1.82, 2.24) is 5.32 Å². The van der Waals surface area contributed by atoms with Crippen molar-refractivity contribution in [2.75, 3.05) is 26.3 Å². The van der Waals surface area contributed by atoms with Crippen LogP contribution in [0.2, 0.25) is 0 Å². The summed E-state index contributed by atoms with van der Waals surface area (Å²) in [6.07, 6.45) is 5.47. The molecule has 0 saturated carbocycles. The number of nitrogens with one attached hydrogen (secondary N) is 1. The van der Waals surface area contributed by atoms with Crippen LogP contribution in [0.1, 0.15) is 11.1 Å². The number of rotatable bonds is 4. The summed E-state index contributed by atoms with van der Waals surface area (Å²) in [7, 11) is 0. The van der Waals surface area contributed by atoms with Crippen molar-refractivity contribution in [3.05, 3.63) is 35.4 Å². The van der Waals surface area contributed by atoms with Crippen LogP contribution in [0.5, 0.6) is 0 Å². The first-order chi connectivity index (χ1) is 8.38. The van der Waals surface area contributed by atoms with Gasteiger partial charge in [0.15, 0.2) is 0 Å². The molecule has 1 saturated heterocycles. The van der Waals surface area contributed by atoms with Crippen molar-refractivity contribution in [1.29, 1.82) is 0 Å². The first kappa shape index (κ1) is 12.1. The molecule has 1 aliphatic rings. The van der Waals surface area contributed by atoms with E-state index in [4.69, 9.17) is 15.9 Å². The lowest BCUT2D eigenvalue weighted by molar-refractivity contribution is -0.0357. The van der Waals surface area contributed by atoms with Gasteiger partial charge in [0, 0.05) is 18.7 Å². The molecule has 1 heterocycles. The van der Waals surface area contributed by atoms with E-state index >= 15 is 0 Å². The lowest BCUT2D eigenvalue weighted by Gasteiger charge is -2.23. The predicted molar refractivity (Wildman–Crippen MR) is 66.6 cm³/mol. The van der Waals surface area contributed by atoms with Crippen LogP contribution in [-0.4, -0.2) is 32.4 Å². The normalized spacial score (nSPS) is 19.8. The van der Waals surface area contributed by atoms with Gasteiger partial charge in [-0.3, -0.25) is 0 Å². The van der Waals surface area contributed by atoms with Crippen molar-refractivity contribution >= 4 is 0 Å². The van der Waals surface area contributed by atoms with Gasteiger partial charge in [0.05, 0.1) is 25.9 Å². The Morgan fingerprint density at radius 2 is 2.24 bits per heavy atom. The number of terminal acetylenes is 1. The SMILES string of the molecule is C#Cc1ccc(COCC2CNCCO2)cc1. The molecule has 90 valence electrons. The molecule has 0 bridgehead atoms. The fourth-order valence-electron chi connectivity index (χ4n) is 1.73. The van der Waals surface area contributed by atoms with E-state index in [2.05, 4.69) is 11.2 Å². The van der Waals surface area contributed by atoms with Crippen molar-refractivity contribution < 1.29 is 9.47 Å². The summed E-state index contributed by atoms with van der Waals surface area (Å²) in [4.78, 5) is 0. The van der Waals surface area contributed by atoms with Gasteiger partial charge in [-0.15, -0.1) is 6.42 Å². The minimum atomic E-state index is 0.175. The zero-order valence-corrected chi connectivity index (χ0v) is 9.82. The third kappa shape index (κ3) is 3.86. The minimum absolute atomic E-state index is 0.175. The Labute approximate surface area is 102 Å². The molecule has 1 aromatic carbocycles. The summed E-state index contributed by atoms with van der Waals surface area (Å²) in [5.41, 5.74) is 2.03. The van der Waals surface area contributed by atoms with Gasteiger partial charge in [-0.2, -0.15) is 0 Å². The molecule has 1 fully saturated rings. The molecule has 1 aromatic rings. The van der Waals surface area contributed by atoms with Gasteiger partial charge in [-0.1, -0.05) is 18.1 Å². The number of hydrogen-bond donors (Lipinski definition) is 1. The van der Waals surface area contributed by atoms with Crippen LogP contribution in [0.25, 0.3) is 0 Å². The van der Waals surface area contributed by atoms with E-state index in [0.717, 1.165) is 30.8 Å². The zero-order valence-electron chi connectivity index (χ0n) is 9.82. The Balaban J connectivity index is 1.72. The van der Waals surface area contributed by atoms with Gasteiger partial charge >= 0.3 is 0 Å². The van der Waals surface area contributed by atoms with Gasteiger partial charge in [0.2, 0.25) is 0 Å². The summed E-state index contributed by atoms with van der Waals surface area (Å²) in [5.74, 6) is 2.59. The third-order valence-electron chi connectivity index (χ3n) is 2.70. The molecule has 1 atom stereocenters. The molecule has 1 unspecified atom stereocenters. The second-order valence-corrected chi connectivity index (χ2v) is 4.05. The molecule has 17 heavy (non-hydrogen) atoms. The van der Waals surface area contributed by atoms with E-state index in [9.17, 15) is 0 Å². The van der Waals surface area contributed by atoms with Gasteiger partial charge in [0.1, 0.15) is 0 Å². The van der Waals surface area contributed by atoms with E-state index in [1.165, 1.54) is 0 Å². The lowest BCUT2D eigenvalue weighted by atomic mass is 10.1. The maximum atomic E-state index is 5.62. The van der Waals surface area contributed by atoms with E-state index in [0.29, 0.717) is 13.2 Å². The molecule has 0 amide bonds. The summed E-state index contributed by atoms with van der Waals surface area (Å²) >= 11 is 0. The summed E-state index contributed by atoms with van der Waals surface area (Å²) < 4.78 is 11.2. The standard InChI is InChI=1S/C14H17NO2/c1-2-12-3-5-13(6-4-12)10-16-11-14-9-15-7-8-17-14/h1,3-6,14-15H,7-11H2. The second-order valence-electron chi connectivity index (χ2n) is 4.05. The molecular weight excluding hydrogens is 214 g/mol. The first-order valence-corrected chi connectivity index (χ1v) is 5.84. The Kier molecular flexibility index (Phi) is 4.57. The average Bonchev–Trinajstić information content (AvgIpc) is 2.41. The van der Waals surface area contributed by atoms with Crippen LogP contribution in [0.3, 0.4) is 0 Å². The monoisotopic (exact) mass is 231 g/mol. The molecule has 0 aliphatic carbocycles. The van der Waals surface area contributed by atoms with E-state index in [-0.39, 0.29) is 6.10 Å². The topological polar surface area (TPSA) is 30.5 Å². The number of benzene rings is 1. The minimum Gasteiger partial charge on any atom is -0.374 e. The molecular formula is C14H17NO2. The number of ether oxygens (including phenoxy) is 2. The number of morpholine rings is 1. The Hall–Kier alpha value is -1.34. The van der Waals surface area contributed by atoms with Gasteiger partial charge in [-0.05, 0) is 17.7 Å². The van der Waals surface area contributed by atoms with Crippen molar-refractivity contribution in [3.63, 3.8) is 0 Å². The predicted octanol–water partition coefficient (Wildman–Crippen LogP) is 1.17. The number of hydrogen-bond acceptors (Lipinski definition) is 3. The van der Waals surface area contributed by atoms with Crippen LogP contribution >= 0.6 is 0 Å². The average molecular weight is 231 g/mol. The van der Waals surface area contributed by atoms with Crippen LogP contribution < -0.4 is 5.32 Å². The molecule has 1 aliphatic heterocycles. The van der Waals surface area contributed by atoms with Crippen molar-refractivity contribution in [2.24, 2.45) is 0 Å². The molecule has 0 spiro atoms. The lowest BCUT2D eigenvalue weighted by Crippen LogP contribution is -2.40. The van der Waals surface area contributed by atoms with Gasteiger partial charge in [-0.25, -0.2) is 0 Å². The van der Waals surface area contributed by atoms with E-state index < -0.39 is 0 Å². The maximum Gasteiger partial charge on any atom is 0.0933 e. The van der Waals surface area contributed by atoms with Crippen molar-refractivity contribution in [2.45, 2.75) is 12.7 Å². The quantitative estimate of drug-likeness (QED) is 0.789. The fourth-order valence-corrected chi connectivity index (χ4v) is 1.73. The van der Waals surface area contributed by atoms with Crippen molar-refractivity contribution in [3.8, 4) is 12.3 Å². The molecule has 3 nitrogen and oxygen atoms in total. The van der Waals surface area contributed by atoms with E-state index in [1.54, 1.807) is 0 Å². The Bertz CT molecular complexity index is 374. The molecule has 3 heteroatoms. The Morgan fingerprint density at radius 1 is 1.41 bits per heavy atom. The van der Waals surface area contributed by atoms with Crippen LogP contribution in [0.4, 0.5) is 0 Å². The summed E-state index contributed by atoms with van der Waals surface area (Å²) in [6.45, 7) is 3.81. The summed E-state index contributed by atoms with van der Waals surface area (Å²) in [6, 6.07) is 7.85. The smallest absolute Gasteiger partial charge is 0.0933 e. The molecule has 0 radical (unpaired) electrons. The highest BCUT2D eigenvalue weighted by atomic mass is 16.5. The third-order valence-corrected chi connectivity index (χ3v) is 2.70. The molecule has 1 N–H and O–H groups in total. The highest BCUT2D eigenvalue weighted by Crippen LogP contribution is 2.06. The maximum absolute atomic E-state index is 5.62. The summed E-state index contributed by atoms with van der Waals surface area (Å²) in [5, 5.41) is 3.27. The van der Waals surface area contributed by atoms with Crippen LogP contribution in [0, 0.1) is 12.3 Å².